The Morgan fingerprint density at radius 3 is 3.12 bits per heavy atom. The van der Waals surface area contributed by atoms with Gasteiger partial charge in [0.2, 0.25) is 10.0 Å². The van der Waals surface area contributed by atoms with Gasteiger partial charge in [-0.15, -0.1) is 0 Å². The van der Waals surface area contributed by atoms with E-state index in [1.54, 1.807) is 24.4 Å². The first-order valence-electron chi connectivity index (χ1n) is 8.30. The fourth-order valence-corrected chi connectivity index (χ4v) is 4.63. The summed E-state index contributed by atoms with van der Waals surface area (Å²) in [5, 5.41) is 0. The van der Waals surface area contributed by atoms with Crippen molar-refractivity contribution in [3.63, 3.8) is 0 Å². The third kappa shape index (κ3) is 2.93. The molecular formula is C17H21N3O3S. The van der Waals surface area contributed by atoms with Gasteiger partial charge in [-0.05, 0) is 43.0 Å². The lowest BCUT2D eigenvalue weighted by molar-refractivity contribution is 0.254. The number of aromatic nitrogens is 2. The average Bonchev–Trinajstić information content (AvgIpc) is 3.16. The fourth-order valence-electron chi connectivity index (χ4n) is 3.47. The van der Waals surface area contributed by atoms with Crippen molar-refractivity contribution in [2.24, 2.45) is 5.92 Å². The Morgan fingerprint density at radius 1 is 1.38 bits per heavy atom. The van der Waals surface area contributed by atoms with Crippen LogP contribution in [-0.4, -0.2) is 30.6 Å². The van der Waals surface area contributed by atoms with Crippen molar-refractivity contribution in [3.8, 4) is 5.75 Å². The standard InChI is InChI=1S/C17H21N3O3S/c1-12-8-14-10-15(2-3-16(14)23-12)24(21,22)19-11-13-4-6-20-7-5-18-17(20)9-13/h2-3,5,7,10,12-13,19H,4,6,8-9,11H2,1H3/t12-,13-/m0/s1. The second kappa shape index (κ2) is 5.89. The van der Waals surface area contributed by atoms with E-state index in [1.807, 2.05) is 13.1 Å². The normalized spacial score (nSPS) is 22.7. The number of aryl methyl sites for hydroxylation is 1. The van der Waals surface area contributed by atoms with E-state index in [0.717, 1.165) is 42.9 Å². The maximum atomic E-state index is 12.6. The van der Waals surface area contributed by atoms with Gasteiger partial charge in [0.25, 0.3) is 0 Å². The summed E-state index contributed by atoms with van der Waals surface area (Å²) >= 11 is 0. The van der Waals surface area contributed by atoms with Crippen LogP contribution in [-0.2, 0) is 29.4 Å². The quantitative estimate of drug-likeness (QED) is 0.914. The highest BCUT2D eigenvalue weighted by Crippen LogP contribution is 2.30. The molecule has 0 aliphatic carbocycles. The molecule has 1 N–H and O–H groups in total. The van der Waals surface area contributed by atoms with Crippen LogP contribution < -0.4 is 9.46 Å². The van der Waals surface area contributed by atoms with Crippen LogP contribution in [0.1, 0.15) is 24.7 Å². The lowest BCUT2D eigenvalue weighted by Crippen LogP contribution is -2.33. The van der Waals surface area contributed by atoms with Gasteiger partial charge in [0.05, 0.1) is 4.90 Å². The molecule has 128 valence electrons. The van der Waals surface area contributed by atoms with Gasteiger partial charge in [-0.25, -0.2) is 18.1 Å². The molecule has 0 amide bonds. The Bertz CT molecular complexity index is 860. The summed E-state index contributed by atoms with van der Waals surface area (Å²) in [5.41, 5.74) is 0.963. The monoisotopic (exact) mass is 347 g/mol. The Kier molecular flexibility index (Phi) is 3.85. The van der Waals surface area contributed by atoms with Gasteiger partial charge in [0.1, 0.15) is 17.7 Å². The zero-order valence-electron chi connectivity index (χ0n) is 13.6. The summed E-state index contributed by atoms with van der Waals surface area (Å²) in [6.07, 6.45) is 6.41. The Labute approximate surface area is 141 Å². The Hall–Kier alpha value is -1.86. The van der Waals surface area contributed by atoms with Crippen molar-refractivity contribution in [3.05, 3.63) is 42.0 Å². The number of hydrogen-bond donors (Lipinski definition) is 1. The number of hydrogen-bond acceptors (Lipinski definition) is 4. The molecule has 0 saturated heterocycles. The van der Waals surface area contributed by atoms with Crippen molar-refractivity contribution in [1.29, 1.82) is 0 Å². The zero-order valence-corrected chi connectivity index (χ0v) is 14.4. The van der Waals surface area contributed by atoms with Gasteiger partial charge in [-0.3, -0.25) is 0 Å². The number of nitrogens with one attached hydrogen (secondary N) is 1. The molecule has 0 radical (unpaired) electrons. The summed E-state index contributed by atoms with van der Waals surface area (Å²) in [6.45, 7) is 3.33. The number of ether oxygens (including phenoxy) is 1. The number of imidazole rings is 1. The number of rotatable bonds is 4. The SMILES string of the molecule is C[C@H]1Cc2cc(S(=O)(=O)NC[C@H]3CCn4ccnc4C3)ccc2O1. The molecule has 2 atom stereocenters. The van der Waals surface area contributed by atoms with E-state index in [-0.39, 0.29) is 12.0 Å². The molecule has 0 spiro atoms. The molecule has 0 unspecified atom stereocenters. The van der Waals surface area contributed by atoms with Gasteiger partial charge >= 0.3 is 0 Å². The molecule has 0 saturated carbocycles. The van der Waals surface area contributed by atoms with Crippen molar-refractivity contribution < 1.29 is 13.2 Å². The van der Waals surface area contributed by atoms with Crippen molar-refractivity contribution in [1.82, 2.24) is 14.3 Å². The lowest BCUT2D eigenvalue weighted by atomic mass is 9.98. The van der Waals surface area contributed by atoms with E-state index in [4.69, 9.17) is 4.74 Å². The maximum absolute atomic E-state index is 12.6. The van der Waals surface area contributed by atoms with Crippen LogP contribution in [0.3, 0.4) is 0 Å². The smallest absolute Gasteiger partial charge is 0.240 e. The maximum Gasteiger partial charge on any atom is 0.240 e. The molecule has 6 nitrogen and oxygen atoms in total. The van der Waals surface area contributed by atoms with Crippen molar-refractivity contribution >= 4 is 10.0 Å². The predicted octanol–water partition coefficient (Wildman–Crippen LogP) is 1.75. The highest BCUT2D eigenvalue weighted by Gasteiger charge is 2.25. The van der Waals surface area contributed by atoms with Gasteiger partial charge < -0.3 is 9.30 Å². The van der Waals surface area contributed by atoms with Crippen LogP contribution in [0.5, 0.6) is 5.75 Å². The molecule has 0 fully saturated rings. The highest BCUT2D eigenvalue weighted by atomic mass is 32.2. The van der Waals surface area contributed by atoms with Crippen molar-refractivity contribution in [2.45, 2.75) is 43.7 Å². The van der Waals surface area contributed by atoms with Crippen LogP contribution in [0.4, 0.5) is 0 Å². The molecule has 4 rings (SSSR count). The van der Waals surface area contributed by atoms with Gasteiger partial charge in [0.15, 0.2) is 0 Å². The third-order valence-corrected chi connectivity index (χ3v) is 6.21. The summed E-state index contributed by atoms with van der Waals surface area (Å²) in [7, 11) is -3.50. The number of fused-ring (bicyclic) bond motifs is 2. The van der Waals surface area contributed by atoms with Crippen molar-refractivity contribution in [2.75, 3.05) is 6.54 Å². The molecule has 3 heterocycles. The van der Waals surface area contributed by atoms with Crippen LogP contribution in [0.15, 0.2) is 35.5 Å². The number of nitrogens with zero attached hydrogens (tertiary/aromatic N) is 2. The van der Waals surface area contributed by atoms with E-state index in [0.29, 0.717) is 11.4 Å². The van der Waals surface area contributed by atoms with Gasteiger partial charge in [0, 0.05) is 38.3 Å². The van der Waals surface area contributed by atoms with E-state index >= 15 is 0 Å². The minimum atomic E-state index is -3.50. The number of sulfonamides is 1. The second-order valence-corrected chi connectivity index (χ2v) is 8.42. The topological polar surface area (TPSA) is 73.2 Å². The van der Waals surface area contributed by atoms with Gasteiger partial charge in [-0.1, -0.05) is 0 Å². The second-order valence-electron chi connectivity index (χ2n) is 6.65. The summed E-state index contributed by atoms with van der Waals surface area (Å²) in [4.78, 5) is 4.64. The minimum Gasteiger partial charge on any atom is -0.490 e. The van der Waals surface area contributed by atoms with Crippen LogP contribution in [0.25, 0.3) is 0 Å². The lowest BCUT2D eigenvalue weighted by Gasteiger charge is -2.23. The van der Waals surface area contributed by atoms with Gasteiger partial charge in [-0.2, -0.15) is 0 Å². The van der Waals surface area contributed by atoms with Crippen LogP contribution in [0.2, 0.25) is 0 Å². The first kappa shape index (κ1) is 15.7. The van der Waals surface area contributed by atoms with Crippen LogP contribution >= 0.6 is 0 Å². The van der Waals surface area contributed by atoms with E-state index in [9.17, 15) is 8.42 Å². The fraction of sp³-hybridized carbons (Fsp3) is 0.471. The highest BCUT2D eigenvalue weighted by molar-refractivity contribution is 7.89. The summed E-state index contributed by atoms with van der Waals surface area (Å²) < 4.78 is 35.7. The Morgan fingerprint density at radius 2 is 2.25 bits per heavy atom. The molecule has 2 aliphatic heterocycles. The van der Waals surface area contributed by atoms with E-state index in [1.165, 1.54) is 0 Å². The first-order chi connectivity index (χ1) is 11.5. The van der Waals surface area contributed by atoms with E-state index < -0.39 is 10.0 Å². The third-order valence-electron chi connectivity index (χ3n) is 4.79. The average molecular weight is 347 g/mol. The van der Waals surface area contributed by atoms with Crippen LogP contribution in [0, 0.1) is 5.92 Å². The predicted molar refractivity (Wildman–Crippen MR) is 89.5 cm³/mol. The first-order valence-corrected chi connectivity index (χ1v) is 9.79. The zero-order chi connectivity index (χ0) is 16.7. The molecule has 1 aromatic carbocycles. The molecule has 24 heavy (non-hydrogen) atoms. The molecule has 2 aliphatic rings. The number of benzene rings is 1. The molecular weight excluding hydrogens is 326 g/mol. The molecule has 1 aromatic heterocycles. The molecule has 2 aromatic rings. The summed E-state index contributed by atoms with van der Waals surface area (Å²) in [6, 6.07) is 5.10. The minimum absolute atomic E-state index is 0.108. The van der Waals surface area contributed by atoms with E-state index in [2.05, 4.69) is 14.3 Å². The Balaban J connectivity index is 1.44. The molecule has 7 heteroatoms. The molecule has 0 bridgehead atoms. The largest absolute Gasteiger partial charge is 0.490 e. The summed E-state index contributed by atoms with van der Waals surface area (Å²) in [5.74, 6) is 2.11.